The molecule has 4 aromatic rings. The SMILES string of the molecule is Cc1ccc(N=C2S/C(=C/c3c(C)n(Cc4ccc(Cl)cc4)c4ccccc34)C(=O)N2C)cc1. The molecule has 5 rings (SSSR count). The standard InChI is InChI=1S/C28H24ClN3OS/c1-18-8-14-22(15-9-18)30-28-31(3)27(33)26(34-28)16-24-19(2)32(25-7-5-4-6-23(24)25)17-20-10-12-21(29)13-11-20/h4-16H,17H2,1-3H3/b26-16+,30-28?. The van der Waals surface area contributed by atoms with Gasteiger partial charge in [0, 0.05) is 40.8 Å². The van der Waals surface area contributed by atoms with Crippen molar-refractivity contribution in [1.82, 2.24) is 9.47 Å². The number of nitrogens with zero attached hydrogens (tertiary/aromatic N) is 3. The lowest BCUT2D eigenvalue weighted by Gasteiger charge is -2.09. The summed E-state index contributed by atoms with van der Waals surface area (Å²) in [6.07, 6.45) is 2.01. The van der Waals surface area contributed by atoms with E-state index in [0.29, 0.717) is 10.1 Å². The number of hydrogen-bond acceptors (Lipinski definition) is 3. The number of likely N-dealkylation sites (N-methyl/N-ethyl adjacent to an activating group) is 1. The van der Waals surface area contributed by atoms with Gasteiger partial charge in [-0.3, -0.25) is 9.69 Å². The number of para-hydroxylation sites is 1. The predicted molar refractivity (Wildman–Crippen MR) is 144 cm³/mol. The summed E-state index contributed by atoms with van der Waals surface area (Å²) in [5, 5.41) is 2.54. The van der Waals surface area contributed by atoms with Crippen LogP contribution in [0.5, 0.6) is 0 Å². The maximum Gasteiger partial charge on any atom is 0.266 e. The topological polar surface area (TPSA) is 37.6 Å². The van der Waals surface area contributed by atoms with Crippen LogP contribution in [-0.4, -0.2) is 27.6 Å². The number of amides is 1. The molecule has 170 valence electrons. The predicted octanol–water partition coefficient (Wildman–Crippen LogP) is 7.19. The molecule has 1 amide bonds. The zero-order valence-corrected chi connectivity index (χ0v) is 20.8. The van der Waals surface area contributed by atoms with E-state index < -0.39 is 0 Å². The Balaban J connectivity index is 1.53. The van der Waals surface area contributed by atoms with Crippen molar-refractivity contribution in [3.05, 3.63) is 105 Å². The molecule has 0 unspecified atom stereocenters. The van der Waals surface area contributed by atoms with Crippen LogP contribution in [0.3, 0.4) is 0 Å². The molecule has 0 radical (unpaired) electrons. The van der Waals surface area contributed by atoms with Crippen molar-refractivity contribution in [2.24, 2.45) is 4.99 Å². The van der Waals surface area contributed by atoms with E-state index in [1.807, 2.05) is 73.7 Å². The molecular formula is C28H24ClN3OS. The fourth-order valence-corrected chi connectivity index (χ4v) is 5.22. The first-order valence-electron chi connectivity index (χ1n) is 11.1. The number of aryl methyl sites for hydroxylation is 1. The Morgan fingerprint density at radius 2 is 1.68 bits per heavy atom. The second-order valence-electron chi connectivity index (χ2n) is 8.43. The highest BCUT2D eigenvalue weighted by Crippen LogP contribution is 2.36. The molecule has 2 heterocycles. The zero-order chi connectivity index (χ0) is 23.8. The van der Waals surface area contributed by atoms with E-state index in [4.69, 9.17) is 16.6 Å². The van der Waals surface area contributed by atoms with Crippen LogP contribution in [0.1, 0.15) is 22.4 Å². The smallest absolute Gasteiger partial charge is 0.266 e. The Bertz CT molecular complexity index is 1450. The number of carbonyl (C=O) groups is 1. The molecule has 1 fully saturated rings. The molecule has 1 aromatic heterocycles. The molecule has 0 bridgehead atoms. The van der Waals surface area contributed by atoms with Gasteiger partial charge in [-0.05, 0) is 67.6 Å². The first kappa shape index (κ1) is 22.5. The van der Waals surface area contributed by atoms with Gasteiger partial charge in [0.2, 0.25) is 0 Å². The number of aliphatic imine (C=N–C) groups is 1. The minimum atomic E-state index is -0.0372. The number of fused-ring (bicyclic) bond motifs is 1. The van der Waals surface area contributed by atoms with Crippen molar-refractivity contribution in [3.63, 3.8) is 0 Å². The van der Waals surface area contributed by atoms with Gasteiger partial charge in [0.25, 0.3) is 5.91 Å². The summed E-state index contributed by atoms with van der Waals surface area (Å²) in [6, 6.07) is 24.2. The third-order valence-corrected chi connectivity index (χ3v) is 7.38. The Morgan fingerprint density at radius 1 is 0.971 bits per heavy atom. The summed E-state index contributed by atoms with van der Waals surface area (Å²) >= 11 is 7.49. The van der Waals surface area contributed by atoms with Crippen molar-refractivity contribution in [2.75, 3.05) is 7.05 Å². The van der Waals surface area contributed by atoms with Crippen LogP contribution < -0.4 is 0 Å². The maximum absolute atomic E-state index is 13.1. The molecule has 0 aliphatic carbocycles. The van der Waals surface area contributed by atoms with Gasteiger partial charge < -0.3 is 4.57 Å². The molecule has 0 spiro atoms. The van der Waals surface area contributed by atoms with Crippen LogP contribution in [0.25, 0.3) is 17.0 Å². The first-order valence-corrected chi connectivity index (χ1v) is 12.3. The van der Waals surface area contributed by atoms with E-state index in [9.17, 15) is 4.79 Å². The van der Waals surface area contributed by atoms with Crippen molar-refractivity contribution in [1.29, 1.82) is 0 Å². The van der Waals surface area contributed by atoms with Gasteiger partial charge in [-0.1, -0.05) is 59.6 Å². The minimum absolute atomic E-state index is 0.0372. The monoisotopic (exact) mass is 485 g/mol. The largest absolute Gasteiger partial charge is 0.340 e. The molecule has 34 heavy (non-hydrogen) atoms. The molecule has 1 saturated heterocycles. The second kappa shape index (κ2) is 9.16. The van der Waals surface area contributed by atoms with E-state index in [-0.39, 0.29) is 5.91 Å². The summed E-state index contributed by atoms with van der Waals surface area (Å²) in [7, 11) is 1.78. The number of aromatic nitrogens is 1. The number of carbonyl (C=O) groups excluding carboxylic acids is 1. The van der Waals surface area contributed by atoms with Gasteiger partial charge in [0.15, 0.2) is 5.17 Å². The molecular weight excluding hydrogens is 462 g/mol. The van der Waals surface area contributed by atoms with Crippen molar-refractivity contribution in [3.8, 4) is 0 Å². The van der Waals surface area contributed by atoms with Crippen molar-refractivity contribution in [2.45, 2.75) is 20.4 Å². The highest BCUT2D eigenvalue weighted by Gasteiger charge is 2.31. The van der Waals surface area contributed by atoms with E-state index in [2.05, 4.69) is 23.6 Å². The normalized spacial score (nSPS) is 16.4. The van der Waals surface area contributed by atoms with Gasteiger partial charge in [-0.15, -0.1) is 0 Å². The Labute approximate surface area is 208 Å². The molecule has 1 aliphatic heterocycles. The first-order chi connectivity index (χ1) is 16.4. The molecule has 0 saturated carbocycles. The number of benzene rings is 3. The van der Waals surface area contributed by atoms with Gasteiger partial charge >= 0.3 is 0 Å². The Kier molecular flexibility index (Phi) is 6.07. The quantitative estimate of drug-likeness (QED) is 0.287. The van der Waals surface area contributed by atoms with E-state index in [0.717, 1.165) is 39.4 Å². The zero-order valence-electron chi connectivity index (χ0n) is 19.2. The van der Waals surface area contributed by atoms with Gasteiger partial charge in [-0.25, -0.2) is 4.99 Å². The summed E-state index contributed by atoms with van der Waals surface area (Å²) in [6.45, 7) is 4.88. The lowest BCUT2D eigenvalue weighted by Crippen LogP contribution is -2.23. The van der Waals surface area contributed by atoms with Gasteiger partial charge in [0.05, 0.1) is 10.6 Å². The minimum Gasteiger partial charge on any atom is -0.340 e. The fraction of sp³-hybridized carbons (Fsp3) is 0.143. The van der Waals surface area contributed by atoms with Crippen LogP contribution in [0, 0.1) is 13.8 Å². The fourth-order valence-electron chi connectivity index (χ4n) is 4.13. The van der Waals surface area contributed by atoms with Crippen molar-refractivity contribution < 1.29 is 4.79 Å². The molecule has 0 atom stereocenters. The average molecular weight is 486 g/mol. The van der Waals surface area contributed by atoms with E-state index in [1.54, 1.807) is 11.9 Å². The second-order valence-corrected chi connectivity index (χ2v) is 9.88. The summed E-state index contributed by atoms with van der Waals surface area (Å²) in [5.41, 5.74) is 6.50. The van der Waals surface area contributed by atoms with E-state index >= 15 is 0 Å². The van der Waals surface area contributed by atoms with Crippen molar-refractivity contribution >= 4 is 57.1 Å². The summed E-state index contributed by atoms with van der Waals surface area (Å²) < 4.78 is 2.29. The summed E-state index contributed by atoms with van der Waals surface area (Å²) in [5.74, 6) is -0.0372. The molecule has 3 aromatic carbocycles. The van der Waals surface area contributed by atoms with Crippen LogP contribution in [-0.2, 0) is 11.3 Å². The highest BCUT2D eigenvalue weighted by atomic mass is 35.5. The van der Waals surface area contributed by atoms with Crippen LogP contribution in [0.2, 0.25) is 5.02 Å². The van der Waals surface area contributed by atoms with E-state index in [1.165, 1.54) is 22.9 Å². The molecule has 4 nitrogen and oxygen atoms in total. The number of rotatable bonds is 4. The molecule has 6 heteroatoms. The number of halogens is 1. The van der Waals surface area contributed by atoms with Gasteiger partial charge in [-0.2, -0.15) is 0 Å². The maximum atomic E-state index is 13.1. The number of amidine groups is 1. The lowest BCUT2D eigenvalue weighted by molar-refractivity contribution is -0.121. The average Bonchev–Trinajstić information content (AvgIpc) is 3.25. The highest BCUT2D eigenvalue weighted by molar-refractivity contribution is 8.18. The van der Waals surface area contributed by atoms with Crippen LogP contribution >= 0.6 is 23.4 Å². The Morgan fingerprint density at radius 3 is 2.41 bits per heavy atom. The molecule has 0 N–H and O–H groups in total. The third kappa shape index (κ3) is 4.29. The third-order valence-electron chi connectivity index (χ3n) is 6.07. The van der Waals surface area contributed by atoms with Gasteiger partial charge in [0.1, 0.15) is 0 Å². The van der Waals surface area contributed by atoms with Crippen LogP contribution in [0.4, 0.5) is 5.69 Å². The summed E-state index contributed by atoms with van der Waals surface area (Å²) in [4.78, 5) is 20.1. The number of hydrogen-bond donors (Lipinski definition) is 0. The molecule has 1 aliphatic rings. The van der Waals surface area contributed by atoms with Crippen LogP contribution in [0.15, 0.2) is 82.7 Å². The Hall–Kier alpha value is -3.28. The number of thioether (sulfide) groups is 1. The lowest BCUT2D eigenvalue weighted by atomic mass is 10.1.